The van der Waals surface area contributed by atoms with Crippen molar-refractivity contribution in [2.75, 3.05) is 23.0 Å². The van der Waals surface area contributed by atoms with Crippen LogP contribution in [0.4, 0.5) is 0 Å². The van der Waals surface area contributed by atoms with Gasteiger partial charge < -0.3 is 0 Å². The lowest BCUT2D eigenvalue weighted by Crippen LogP contribution is -2.25. The van der Waals surface area contributed by atoms with Crippen molar-refractivity contribution in [1.82, 2.24) is 0 Å². The van der Waals surface area contributed by atoms with Gasteiger partial charge in [-0.25, -0.2) is 16.8 Å². The fourth-order valence-corrected chi connectivity index (χ4v) is 11.3. The molecule has 2 heterocycles. The Morgan fingerprint density at radius 1 is 0.778 bits per heavy atom. The predicted molar refractivity (Wildman–Crippen MR) is 78.5 cm³/mol. The molecule has 0 aromatic heterocycles. The highest BCUT2D eigenvalue weighted by Gasteiger charge is 2.44. The van der Waals surface area contributed by atoms with Crippen molar-refractivity contribution >= 4 is 41.3 Å². The highest BCUT2D eigenvalue weighted by molar-refractivity contribution is 8.77. The Balaban J connectivity index is 1.97. The van der Waals surface area contributed by atoms with Crippen molar-refractivity contribution in [3.8, 4) is 0 Å². The summed E-state index contributed by atoms with van der Waals surface area (Å²) in [6.07, 6.45) is 1.33. The van der Waals surface area contributed by atoms with E-state index in [9.17, 15) is 16.8 Å². The van der Waals surface area contributed by atoms with E-state index < -0.39 is 19.7 Å². The molecule has 8 heteroatoms. The Hall–Kier alpha value is 0.600. The highest BCUT2D eigenvalue weighted by atomic mass is 33.1. The Bertz CT molecular complexity index is 488. The van der Waals surface area contributed by atoms with E-state index in [-0.39, 0.29) is 32.5 Å². The van der Waals surface area contributed by atoms with Gasteiger partial charge in [0.25, 0.3) is 0 Å². The van der Waals surface area contributed by atoms with Gasteiger partial charge in [-0.1, -0.05) is 21.6 Å². The average Bonchev–Trinajstić information content (AvgIpc) is 2.63. The van der Waals surface area contributed by atoms with E-state index in [0.717, 1.165) is 0 Å². The molecule has 0 aliphatic carbocycles. The summed E-state index contributed by atoms with van der Waals surface area (Å²) in [5.41, 5.74) is 0. The summed E-state index contributed by atoms with van der Waals surface area (Å²) in [4.78, 5) is 0. The van der Waals surface area contributed by atoms with E-state index in [2.05, 4.69) is 0 Å². The van der Waals surface area contributed by atoms with E-state index in [1.54, 1.807) is 21.6 Å². The lowest BCUT2D eigenvalue weighted by molar-refractivity contribution is 0.599. The van der Waals surface area contributed by atoms with Gasteiger partial charge in [-0.2, -0.15) is 0 Å². The van der Waals surface area contributed by atoms with Crippen LogP contribution in [0.5, 0.6) is 0 Å². The first kappa shape index (κ1) is 15.0. The van der Waals surface area contributed by atoms with Crippen LogP contribution in [0.1, 0.15) is 26.7 Å². The summed E-state index contributed by atoms with van der Waals surface area (Å²) < 4.78 is 45.5. The molecule has 0 unspecified atom stereocenters. The van der Waals surface area contributed by atoms with Gasteiger partial charge in [0.1, 0.15) is 0 Å². The summed E-state index contributed by atoms with van der Waals surface area (Å²) in [6.45, 7) is 3.92. The van der Waals surface area contributed by atoms with Gasteiger partial charge in [0.2, 0.25) is 0 Å². The van der Waals surface area contributed by atoms with Crippen molar-refractivity contribution < 1.29 is 16.8 Å². The topological polar surface area (TPSA) is 68.3 Å². The first-order valence-electron chi connectivity index (χ1n) is 5.81. The second kappa shape index (κ2) is 4.56. The minimum atomic E-state index is -2.89. The molecule has 2 saturated heterocycles. The maximum absolute atomic E-state index is 11.5. The molecule has 0 bridgehead atoms. The fourth-order valence-electron chi connectivity index (χ4n) is 2.29. The summed E-state index contributed by atoms with van der Waals surface area (Å²) in [5.74, 6) is 0.930. The van der Waals surface area contributed by atoms with E-state index in [0.29, 0.717) is 12.8 Å². The van der Waals surface area contributed by atoms with Gasteiger partial charge in [-0.05, 0) is 26.7 Å². The Morgan fingerprint density at radius 2 is 1.11 bits per heavy atom. The maximum Gasteiger partial charge on any atom is 0.151 e. The van der Waals surface area contributed by atoms with Crippen LogP contribution in [0.25, 0.3) is 0 Å². The summed E-state index contributed by atoms with van der Waals surface area (Å²) >= 11 is 0. The smallest absolute Gasteiger partial charge is 0.151 e. The molecule has 2 atom stereocenters. The molecule has 0 radical (unpaired) electrons. The van der Waals surface area contributed by atoms with Gasteiger partial charge >= 0.3 is 0 Å². The molecule has 0 aromatic carbocycles. The largest absolute Gasteiger partial charge is 0.229 e. The number of hydrogen-bond acceptors (Lipinski definition) is 6. The first-order chi connectivity index (χ1) is 8.04. The van der Waals surface area contributed by atoms with Gasteiger partial charge in [0.05, 0.1) is 23.0 Å². The zero-order chi connectivity index (χ0) is 13.7. The third kappa shape index (κ3) is 3.58. The van der Waals surface area contributed by atoms with Crippen LogP contribution in [0, 0.1) is 0 Å². The van der Waals surface area contributed by atoms with Crippen LogP contribution in [-0.2, 0) is 19.7 Å². The molecule has 2 aliphatic rings. The molecule has 106 valence electrons. The van der Waals surface area contributed by atoms with Crippen LogP contribution in [0.2, 0.25) is 0 Å². The van der Waals surface area contributed by atoms with Gasteiger partial charge in [0.15, 0.2) is 19.7 Å². The molecule has 0 N–H and O–H groups in total. The Kier molecular flexibility index (Phi) is 3.80. The first-order valence-corrected chi connectivity index (χ1v) is 11.6. The molecular formula is C10H18O4S4. The van der Waals surface area contributed by atoms with Gasteiger partial charge in [0, 0.05) is 9.49 Å². The third-order valence-corrected chi connectivity index (χ3v) is 11.8. The van der Waals surface area contributed by atoms with Crippen molar-refractivity contribution in [2.45, 2.75) is 36.2 Å². The van der Waals surface area contributed by atoms with Crippen molar-refractivity contribution in [3.63, 3.8) is 0 Å². The van der Waals surface area contributed by atoms with Crippen LogP contribution in [0.3, 0.4) is 0 Å². The minimum Gasteiger partial charge on any atom is -0.229 e. The Labute approximate surface area is 117 Å². The van der Waals surface area contributed by atoms with Crippen LogP contribution in [-0.4, -0.2) is 49.3 Å². The second-order valence-electron chi connectivity index (χ2n) is 5.75. The van der Waals surface area contributed by atoms with Crippen molar-refractivity contribution in [2.24, 2.45) is 0 Å². The molecule has 0 amide bonds. The van der Waals surface area contributed by atoms with Crippen molar-refractivity contribution in [1.29, 1.82) is 0 Å². The summed E-state index contributed by atoms with van der Waals surface area (Å²) in [6, 6.07) is 0. The van der Waals surface area contributed by atoms with Crippen molar-refractivity contribution in [3.05, 3.63) is 0 Å². The maximum atomic E-state index is 11.5. The van der Waals surface area contributed by atoms with E-state index in [1.807, 2.05) is 13.8 Å². The molecule has 0 spiro atoms. The molecule has 0 aromatic rings. The summed E-state index contributed by atoms with van der Waals surface area (Å²) in [7, 11) is -2.67. The van der Waals surface area contributed by atoms with Crippen LogP contribution < -0.4 is 0 Å². The normalized spacial score (nSPS) is 42.1. The predicted octanol–water partition coefficient (Wildman–Crippen LogP) is 1.52. The third-order valence-electron chi connectivity index (χ3n) is 3.38. The quantitative estimate of drug-likeness (QED) is 0.731. The molecule has 2 rings (SSSR count). The summed E-state index contributed by atoms with van der Waals surface area (Å²) in [5, 5.41) is 0. The molecular weight excluding hydrogens is 312 g/mol. The molecule has 2 aliphatic heterocycles. The van der Waals surface area contributed by atoms with E-state index in [1.165, 1.54) is 0 Å². The van der Waals surface area contributed by atoms with Gasteiger partial charge in [-0.3, -0.25) is 0 Å². The number of sulfone groups is 2. The fraction of sp³-hybridized carbons (Fsp3) is 1.00. The number of rotatable bonds is 3. The lowest BCUT2D eigenvalue weighted by atomic mass is 10.1. The molecule has 2 fully saturated rings. The van der Waals surface area contributed by atoms with Crippen LogP contribution >= 0.6 is 21.6 Å². The highest BCUT2D eigenvalue weighted by Crippen LogP contribution is 2.51. The lowest BCUT2D eigenvalue weighted by Gasteiger charge is -2.27. The van der Waals surface area contributed by atoms with E-state index in [4.69, 9.17) is 0 Å². The number of hydrogen-bond donors (Lipinski definition) is 0. The zero-order valence-corrected chi connectivity index (χ0v) is 13.8. The van der Waals surface area contributed by atoms with E-state index >= 15 is 0 Å². The monoisotopic (exact) mass is 330 g/mol. The molecule has 0 saturated carbocycles. The average molecular weight is 331 g/mol. The zero-order valence-electron chi connectivity index (χ0n) is 10.5. The minimum absolute atomic E-state index is 0.209. The molecule has 4 nitrogen and oxygen atoms in total. The van der Waals surface area contributed by atoms with Crippen LogP contribution in [0.15, 0.2) is 0 Å². The second-order valence-corrected chi connectivity index (χ2v) is 13.4. The van der Waals surface area contributed by atoms with Gasteiger partial charge in [-0.15, -0.1) is 0 Å². The standard InChI is InChI=1S/C10H18O4S4/c1-9(3-5-17(11,12)7-9)15-16-10(2)4-6-18(13,14)8-10/h3-8H2,1-2H3/t9-,10-/m1/s1. The molecule has 18 heavy (non-hydrogen) atoms. The Morgan fingerprint density at radius 3 is 1.33 bits per heavy atom. The SMILES string of the molecule is C[C@@]1(SS[C@]2(C)CCS(=O)(=O)C2)CCS(=O)(=O)C1.